The largest absolute Gasteiger partial charge is 0.309 e. The van der Waals surface area contributed by atoms with Crippen molar-refractivity contribution >= 4 is 23.4 Å². The molecule has 0 saturated heterocycles. The molecular weight excluding hydrogens is 330 g/mol. The minimum Gasteiger partial charge on any atom is -0.309 e. The Labute approximate surface area is 142 Å². The molecule has 0 amide bonds. The van der Waals surface area contributed by atoms with Crippen LogP contribution in [-0.4, -0.2) is 21.3 Å². The van der Waals surface area contributed by atoms with Gasteiger partial charge in [0.2, 0.25) is 5.95 Å². The fraction of sp³-hybridized carbons (Fsp3) is 0.176. The predicted molar refractivity (Wildman–Crippen MR) is 89.4 cm³/mol. The number of halogens is 2. The highest BCUT2D eigenvalue weighted by Crippen LogP contribution is 2.33. The first-order valence-electron chi connectivity index (χ1n) is 7.54. The highest BCUT2D eigenvalue weighted by atomic mass is 32.2. The minimum absolute atomic E-state index is 0.234. The van der Waals surface area contributed by atoms with Crippen molar-refractivity contribution in [2.75, 3.05) is 11.4 Å². The number of rotatable bonds is 4. The molecule has 0 fully saturated rings. The molecule has 122 valence electrons. The lowest BCUT2D eigenvalue weighted by molar-refractivity contribution is 0.626. The number of hydrogen-bond donors (Lipinski definition) is 0. The third-order valence-corrected chi connectivity index (χ3v) is 4.92. The van der Waals surface area contributed by atoms with E-state index in [0.29, 0.717) is 5.75 Å². The quantitative estimate of drug-likeness (QED) is 0.670. The fourth-order valence-electron chi connectivity index (χ4n) is 2.72. The lowest BCUT2D eigenvalue weighted by atomic mass is 10.2. The number of benzene rings is 2. The third-order valence-electron chi connectivity index (χ3n) is 3.88. The van der Waals surface area contributed by atoms with E-state index in [4.69, 9.17) is 0 Å². The molecule has 4 rings (SSSR count). The van der Waals surface area contributed by atoms with Gasteiger partial charge < -0.3 is 4.90 Å². The molecule has 0 unspecified atom stereocenters. The van der Waals surface area contributed by atoms with E-state index in [1.165, 1.54) is 36.0 Å². The second kappa shape index (κ2) is 6.24. The smallest absolute Gasteiger partial charge is 0.232 e. The van der Waals surface area contributed by atoms with Crippen molar-refractivity contribution in [2.24, 2.45) is 0 Å². The van der Waals surface area contributed by atoms with Gasteiger partial charge in [-0.15, -0.1) is 10.2 Å². The van der Waals surface area contributed by atoms with Gasteiger partial charge in [0.25, 0.3) is 0 Å². The van der Waals surface area contributed by atoms with Crippen molar-refractivity contribution in [1.82, 2.24) is 14.8 Å². The molecule has 0 spiro atoms. The fourth-order valence-corrected chi connectivity index (χ4v) is 3.63. The van der Waals surface area contributed by atoms with Gasteiger partial charge in [0.15, 0.2) is 5.16 Å². The van der Waals surface area contributed by atoms with E-state index >= 15 is 0 Å². The Kier molecular flexibility index (Phi) is 3.93. The summed E-state index contributed by atoms with van der Waals surface area (Å²) in [6.45, 7) is 1.54. The van der Waals surface area contributed by atoms with Crippen molar-refractivity contribution < 1.29 is 8.78 Å². The average molecular weight is 344 g/mol. The summed E-state index contributed by atoms with van der Waals surface area (Å²) < 4.78 is 28.4. The molecule has 7 heteroatoms. The molecule has 1 aliphatic rings. The van der Waals surface area contributed by atoms with Crippen LogP contribution < -0.4 is 4.90 Å². The lowest BCUT2D eigenvalue weighted by Crippen LogP contribution is -2.14. The van der Waals surface area contributed by atoms with Gasteiger partial charge in [-0.2, -0.15) is 0 Å². The zero-order valence-electron chi connectivity index (χ0n) is 12.7. The number of aromatic nitrogens is 3. The first-order valence-corrected chi connectivity index (χ1v) is 8.53. The maximum atomic E-state index is 13.2. The van der Waals surface area contributed by atoms with Crippen molar-refractivity contribution in [3.63, 3.8) is 0 Å². The summed E-state index contributed by atoms with van der Waals surface area (Å²) in [7, 11) is 0. The Morgan fingerprint density at radius 3 is 2.58 bits per heavy atom. The van der Waals surface area contributed by atoms with Crippen molar-refractivity contribution in [3.8, 4) is 0 Å². The van der Waals surface area contributed by atoms with Gasteiger partial charge in [-0.25, -0.2) is 8.78 Å². The first-order chi connectivity index (χ1) is 11.7. The van der Waals surface area contributed by atoms with E-state index in [1.807, 2.05) is 15.5 Å². The Morgan fingerprint density at radius 2 is 1.79 bits per heavy atom. The van der Waals surface area contributed by atoms with Crippen LogP contribution in [0.5, 0.6) is 0 Å². The second-order valence-electron chi connectivity index (χ2n) is 5.48. The van der Waals surface area contributed by atoms with Crippen LogP contribution in [-0.2, 0) is 12.3 Å². The summed E-state index contributed by atoms with van der Waals surface area (Å²) in [5.41, 5.74) is 1.80. The molecule has 0 bridgehead atoms. The van der Waals surface area contributed by atoms with Gasteiger partial charge in [-0.1, -0.05) is 23.9 Å². The summed E-state index contributed by atoms with van der Waals surface area (Å²) in [5, 5.41) is 9.30. The summed E-state index contributed by atoms with van der Waals surface area (Å²) in [6.07, 6.45) is 0. The van der Waals surface area contributed by atoms with E-state index < -0.39 is 0 Å². The van der Waals surface area contributed by atoms with E-state index in [-0.39, 0.29) is 11.6 Å². The number of nitrogens with zero attached hydrogens (tertiary/aromatic N) is 4. The average Bonchev–Trinajstić information content (AvgIpc) is 3.16. The van der Waals surface area contributed by atoms with Gasteiger partial charge in [-0.3, -0.25) is 4.57 Å². The molecule has 1 aliphatic heterocycles. The summed E-state index contributed by atoms with van der Waals surface area (Å²) in [6, 6.07) is 12.9. The summed E-state index contributed by atoms with van der Waals surface area (Å²) in [5.74, 6) is 0.892. The van der Waals surface area contributed by atoms with Gasteiger partial charge in [0.1, 0.15) is 11.6 Å². The molecular formula is C17H14F2N4S. The minimum atomic E-state index is -0.259. The zero-order chi connectivity index (χ0) is 16.5. The predicted octanol–water partition coefficient (Wildman–Crippen LogP) is 4.00. The van der Waals surface area contributed by atoms with Crippen molar-refractivity contribution in [2.45, 2.75) is 17.5 Å². The summed E-state index contributed by atoms with van der Waals surface area (Å²) >= 11 is 1.53. The van der Waals surface area contributed by atoms with E-state index in [1.54, 1.807) is 18.2 Å². The van der Waals surface area contributed by atoms with E-state index in [0.717, 1.165) is 35.4 Å². The van der Waals surface area contributed by atoms with Crippen LogP contribution >= 0.6 is 11.8 Å². The highest BCUT2D eigenvalue weighted by molar-refractivity contribution is 7.98. The van der Waals surface area contributed by atoms with Crippen LogP contribution in [0.25, 0.3) is 0 Å². The van der Waals surface area contributed by atoms with E-state index in [9.17, 15) is 8.78 Å². The van der Waals surface area contributed by atoms with Crippen LogP contribution in [0.15, 0.2) is 53.7 Å². The molecule has 0 saturated carbocycles. The molecule has 2 heterocycles. The van der Waals surface area contributed by atoms with Gasteiger partial charge >= 0.3 is 0 Å². The molecule has 3 aromatic rings. The van der Waals surface area contributed by atoms with Crippen LogP contribution in [0, 0.1) is 11.6 Å². The number of hydrogen-bond acceptors (Lipinski definition) is 4. The molecule has 24 heavy (non-hydrogen) atoms. The molecule has 4 nitrogen and oxygen atoms in total. The third kappa shape index (κ3) is 2.87. The highest BCUT2D eigenvalue weighted by Gasteiger charge is 2.25. The van der Waals surface area contributed by atoms with Crippen LogP contribution in [0.3, 0.4) is 0 Å². The van der Waals surface area contributed by atoms with Gasteiger partial charge in [0.05, 0.1) is 0 Å². The number of fused-ring (bicyclic) bond motifs is 1. The molecule has 1 aromatic heterocycles. The Bertz CT molecular complexity index is 863. The number of anilines is 2. The summed E-state index contributed by atoms with van der Waals surface area (Å²) in [4.78, 5) is 2.01. The van der Waals surface area contributed by atoms with Crippen LogP contribution in [0.2, 0.25) is 0 Å². The molecule has 2 aromatic carbocycles. The standard InChI is InChI=1S/C17H14F2N4S/c18-13-4-6-15(7-5-13)22-8-9-23-16(22)20-21-17(23)24-11-12-2-1-3-14(19)10-12/h1-7,10H,8-9,11H2. The maximum absolute atomic E-state index is 13.2. The molecule has 0 atom stereocenters. The normalized spacial score (nSPS) is 13.3. The van der Waals surface area contributed by atoms with Gasteiger partial charge in [-0.05, 0) is 42.0 Å². The monoisotopic (exact) mass is 344 g/mol. The van der Waals surface area contributed by atoms with Crippen molar-refractivity contribution in [1.29, 1.82) is 0 Å². The Morgan fingerprint density at radius 1 is 0.958 bits per heavy atom. The van der Waals surface area contributed by atoms with E-state index in [2.05, 4.69) is 10.2 Å². The number of thioether (sulfide) groups is 1. The van der Waals surface area contributed by atoms with Crippen molar-refractivity contribution in [3.05, 3.63) is 65.7 Å². The molecule has 0 N–H and O–H groups in total. The Hall–Kier alpha value is -2.41. The topological polar surface area (TPSA) is 34.0 Å². The van der Waals surface area contributed by atoms with Crippen LogP contribution in [0.1, 0.15) is 5.56 Å². The zero-order valence-corrected chi connectivity index (χ0v) is 13.5. The lowest BCUT2D eigenvalue weighted by Gasteiger charge is -2.14. The van der Waals surface area contributed by atoms with Crippen LogP contribution in [0.4, 0.5) is 20.4 Å². The maximum Gasteiger partial charge on any atom is 0.232 e. The second-order valence-corrected chi connectivity index (χ2v) is 6.42. The van der Waals surface area contributed by atoms with Gasteiger partial charge in [0, 0.05) is 24.5 Å². The SMILES string of the molecule is Fc1ccc(N2CCn3c(SCc4cccc(F)c4)nnc32)cc1. The Balaban J connectivity index is 1.52. The first kappa shape index (κ1) is 15.1. The molecule has 0 aliphatic carbocycles. The molecule has 0 radical (unpaired) electrons.